The second kappa shape index (κ2) is 8.63. The Balaban J connectivity index is 1.66. The van der Waals surface area contributed by atoms with Gasteiger partial charge in [0.2, 0.25) is 0 Å². The van der Waals surface area contributed by atoms with Gasteiger partial charge in [-0.25, -0.2) is 4.98 Å². The molecule has 0 unspecified atom stereocenters. The van der Waals surface area contributed by atoms with Crippen LogP contribution in [0.15, 0.2) is 53.9 Å². The summed E-state index contributed by atoms with van der Waals surface area (Å²) in [6.07, 6.45) is 1.94. The van der Waals surface area contributed by atoms with Gasteiger partial charge in [0.15, 0.2) is 5.13 Å². The number of nitrogens with zero attached hydrogens (tertiary/aromatic N) is 1. The molecule has 0 atom stereocenters. The number of nitrogens with one attached hydrogen (secondary N) is 1. The minimum atomic E-state index is -0.142. The fourth-order valence-electron chi connectivity index (χ4n) is 2.47. The Labute approximate surface area is 157 Å². The number of hydrogen-bond acceptors (Lipinski definition) is 4. The van der Waals surface area contributed by atoms with Crippen LogP contribution < -0.4 is 10.1 Å². The second-order valence-electron chi connectivity index (χ2n) is 5.92. The Kier molecular flexibility index (Phi) is 6.02. The molecule has 5 heteroatoms. The first-order chi connectivity index (χ1) is 12.7. The average molecular weight is 366 g/mol. The number of rotatable bonds is 7. The molecule has 0 spiro atoms. The van der Waals surface area contributed by atoms with Gasteiger partial charge in [0.1, 0.15) is 5.75 Å². The first kappa shape index (κ1) is 18.1. The summed E-state index contributed by atoms with van der Waals surface area (Å²) in [4.78, 5) is 16.9. The standard InChI is InChI=1S/C21H22N2O2S/c1-3-13-25-18-11-9-16(10-12-18)19-14-26-21(22-19)23-20(24)17-7-5-15(4-2)6-8-17/h5-12,14H,3-4,13H2,1-2H3,(H,22,23,24). The lowest BCUT2D eigenvalue weighted by atomic mass is 10.1. The van der Waals surface area contributed by atoms with Crippen molar-refractivity contribution in [3.8, 4) is 17.0 Å². The maximum absolute atomic E-state index is 12.3. The molecule has 0 aliphatic carbocycles. The van der Waals surface area contributed by atoms with Gasteiger partial charge in [-0.05, 0) is 54.8 Å². The van der Waals surface area contributed by atoms with E-state index in [9.17, 15) is 4.79 Å². The first-order valence-corrected chi connectivity index (χ1v) is 9.66. The second-order valence-corrected chi connectivity index (χ2v) is 6.77. The lowest BCUT2D eigenvalue weighted by Gasteiger charge is -2.05. The number of ether oxygens (including phenoxy) is 1. The van der Waals surface area contributed by atoms with Crippen LogP contribution in [-0.2, 0) is 6.42 Å². The van der Waals surface area contributed by atoms with Crippen molar-refractivity contribution in [1.29, 1.82) is 0 Å². The Morgan fingerprint density at radius 1 is 1.08 bits per heavy atom. The first-order valence-electron chi connectivity index (χ1n) is 8.78. The molecule has 3 aromatic rings. The zero-order valence-corrected chi connectivity index (χ0v) is 15.8. The third kappa shape index (κ3) is 4.49. The Morgan fingerprint density at radius 3 is 2.46 bits per heavy atom. The number of hydrogen-bond donors (Lipinski definition) is 1. The molecule has 1 N–H and O–H groups in total. The van der Waals surface area contributed by atoms with Gasteiger partial charge >= 0.3 is 0 Å². The molecule has 134 valence electrons. The van der Waals surface area contributed by atoms with Gasteiger partial charge in [-0.3, -0.25) is 10.1 Å². The molecule has 0 fully saturated rings. The molecule has 0 saturated heterocycles. The van der Waals surface area contributed by atoms with Crippen molar-refractivity contribution in [2.24, 2.45) is 0 Å². The molecule has 26 heavy (non-hydrogen) atoms. The molecular formula is C21H22N2O2S. The Hall–Kier alpha value is -2.66. The molecule has 1 amide bonds. The molecular weight excluding hydrogens is 344 g/mol. The molecule has 1 heterocycles. The van der Waals surface area contributed by atoms with Gasteiger partial charge in [-0.2, -0.15) is 0 Å². The van der Waals surface area contributed by atoms with Crippen molar-refractivity contribution in [2.45, 2.75) is 26.7 Å². The fourth-order valence-corrected chi connectivity index (χ4v) is 3.18. The highest BCUT2D eigenvalue weighted by molar-refractivity contribution is 7.14. The van der Waals surface area contributed by atoms with Crippen LogP contribution in [0, 0.1) is 0 Å². The van der Waals surface area contributed by atoms with Gasteiger partial charge in [-0.15, -0.1) is 11.3 Å². The van der Waals surface area contributed by atoms with E-state index in [1.165, 1.54) is 16.9 Å². The van der Waals surface area contributed by atoms with E-state index in [-0.39, 0.29) is 5.91 Å². The molecule has 2 aromatic carbocycles. The topological polar surface area (TPSA) is 51.2 Å². The van der Waals surface area contributed by atoms with E-state index < -0.39 is 0 Å². The van der Waals surface area contributed by atoms with Crippen molar-refractivity contribution in [3.63, 3.8) is 0 Å². The van der Waals surface area contributed by atoms with Crippen LogP contribution in [0.3, 0.4) is 0 Å². The van der Waals surface area contributed by atoms with E-state index in [1.54, 1.807) is 0 Å². The maximum Gasteiger partial charge on any atom is 0.257 e. The van der Waals surface area contributed by atoms with Gasteiger partial charge in [0.05, 0.1) is 12.3 Å². The third-order valence-corrected chi connectivity index (χ3v) is 4.73. The maximum atomic E-state index is 12.3. The van der Waals surface area contributed by atoms with Crippen LogP contribution in [0.5, 0.6) is 5.75 Å². The zero-order chi connectivity index (χ0) is 18.4. The SMILES string of the molecule is CCCOc1ccc(-c2csc(NC(=O)c3ccc(CC)cc3)n2)cc1. The normalized spacial score (nSPS) is 10.5. The molecule has 0 aliphatic heterocycles. The van der Waals surface area contributed by atoms with Crippen LogP contribution in [0.25, 0.3) is 11.3 Å². The van der Waals surface area contributed by atoms with Crippen LogP contribution in [0.4, 0.5) is 5.13 Å². The van der Waals surface area contributed by atoms with Crippen molar-refractivity contribution < 1.29 is 9.53 Å². The van der Waals surface area contributed by atoms with E-state index in [2.05, 4.69) is 24.1 Å². The summed E-state index contributed by atoms with van der Waals surface area (Å²) >= 11 is 1.42. The molecule has 0 aliphatic rings. The van der Waals surface area contributed by atoms with Gasteiger partial charge < -0.3 is 4.74 Å². The number of carbonyl (C=O) groups is 1. The summed E-state index contributed by atoms with van der Waals surface area (Å²) in [6, 6.07) is 15.5. The minimum absolute atomic E-state index is 0.142. The minimum Gasteiger partial charge on any atom is -0.494 e. The van der Waals surface area contributed by atoms with E-state index in [0.717, 1.165) is 29.8 Å². The predicted molar refractivity (Wildman–Crippen MR) is 107 cm³/mol. The van der Waals surface area contributed by atoms with E-state index >= 15 is 0 Å². The van der Waals surface area contributed by atoms with Crippen LogP contribution in [0.2, 0.25) is 0 Å². The van der Waals surface area contributed by atoms with Crippen molar-refractivity contribution >= 4 is 22.4 Å². The van der Waals surface area contributed by atoms with Gasteiger partial charge in [0.25, 0.3) is 5.91 Å². The number of carbonyl (C=O) groups excluding carboxylic acids is 1. The van der Waals surface area contributed by atoms with E-state index in [0.29, 0.717) is 17.3 Å². The number of amides is 1. The molecule has 0 radical (unpaired) electrons. The van der Waals surface area contributed by atoms with Crippen molar-refractivity contribution in [1.82, 2.24) is 4.98 Å². The van der Waals surface area contributed by atoms with E-state index in [1.807, 2.05) is 53.9 Å². The number of benzene rings is 2. The van der Waals surface area contributed by atoms with Crippen molar-refractivity contribution in [2.75, 3.05) is 11.9 Å². The van der Waals surface area contributed by atoms with Gasteiger partial charge in [-0.1, -0.05) is 26.0 Å². The Bertz CT molecular complexity index is 854. The molecule has 1 aromatic heterocycles. The highest BCUT2D eigenvalue weighted by atomic mass is 32.1. The van der Waals surface area contributed by atoms with E-state index in [4.69, 9.17) is 4.74 Å². The zero-order valence-electron chi connectivity index (χ0n) is 15.0. The summed E-state index contributed by atoms with van der Waals surface area (Å²) in [5.74, 6) is 0.715. The summed E-state index contributed by atoms with van der Waals surface area (Å²) in [5, 5.41) is 5.40. The summed E-state index contributed by atoms with van der Waals surface area (Å²) in [5.41, 5.74) is 3.69. The fraction of sp³-hybridized carbons (Fsp3) is 0.238. The van der Waals surface area contributed by atoms with Crippen LogP contribution >= 0.6 is 11.3 Å². The smallest absolute Gasteiger partial charge is 0.257 e. The largest absolute Gasteiger partial charge is 0.494 e. The monoisotopic (exact) mass is 366 g/mol. The molecule has 0 bridgehead atoms. The number of aryl methyl sites for hydroxylation is 1. The summed E-state index contributed by atoms with van der Waals surface area (Å²) in [6.45, 7) is 4.89. The quantitative estimate of drug-likeness (QED) is 0.608. The van der Waals surface area contributed by atoms with Gasteiger partial charge in [0, 0.05) is 16.5 Å². The van der Waals surface area contributed by atoms with Crippen LogP contribution in [-0.4, -0.2) is 17.5 Å². The molecule has 3 rings (SSSR count). The molecule has 0 saturated carbocycles. The Morgan fingerprint density at radius 2 is 1.81 bits per heavy atom. The number of thiazole rings is 1. The van der Waals surface area contributed by atoms with Crippen molar-refractivity contribution in [3.05, 3.63) is 65.0 Å². The number of aromatic nitrogens is 1. The lowest BCUT2D eigenvalue weighted by molar-refractivity contribution is 0.102. The molecule has 4 nitrogen and oxygen atoms in total. The predicted octanol–water partition coefficient (Wildman–Crippen LogP) is 5.41. The number of anilines is 1. The summed E-state index contributed by atoms with van der Waals surface area (Å²) in [7, 11) is 0. The third-order valence-electron chi connectivity index (χ3n) is 3.97. The highest BCUT2D eigenvalue weighted by Gasteiger charge is 2.10. The summed E-state index contributed by atoms with van der Waals surface area (Å²) < 4.78 is 5.59. The lowest BCUT2D eigenvalue weighted by Crippen LogP contribution is -2.11. The average Bonchev–Trinajstić information content (AvgIpc) is 3.15. The highest BCUT2D eigenvalue weighted by Crippen LogP contribution is 2.27. The van der Waals surface area contributed by atoms with Crippen LogP contribution in [0.1, 0.15) is 36.2 Å².